The number of nitrogens with one attached hydrogen (secondary N) is 1. The first-order valence-corrected chi connectivity index (χ1v) is 7.62. The first-order chi connectivity index (χ1) is 9.72. The molecule has 0 radical (unpaired) electrons. The van der Waals surface area contributed by atoms with Gasteiger partial charge in [-0.2, -0.15) is 0 Å². The van der Waals surface area contributed by atoms with E-state index in [9.17, 15) is 0 Å². The topological polar surface area (TPSA) is 28.3 Å². The molecule has 3 rings (SSSR count). The van der Waals surface area contributed by atoms with Gasteiger partial charge in [-0.05, 0) is 49.9 Å². The van der Waals surface area contributed by atoms with Crippen molar-refractivity contribution in [2.24, 2.45) is 0 Å². The van der Waals surface area contributed by atoms with Gasteiger partial charge in [0.25, 0.3) is 0 Å². The summed E-state index contributed by atoms with van der Waals surface area (Å²) in [4.78, 5) is 6.00. The lowest BCUT2D eigenvalue weighted by Crippen LogP contribution is -2.54. The van der Waals surface area contributed by atoms with E-state index in [1.807, 2.05) is 6.07 Å². The highest BCUT2D eigenvalue weighted by atomic mass is 16.5. The van der Waals surface area contributed by atoms with E-state index in [2.05, 4.69) is 42.1 Å². The van der Waals surface area contributed by atoms with E-state index in [0.717, 1.165) is 30.8 Å². The van der Waals surface area contributed by atoms with Gasteiger partial charge in [0.05, 0.1) is 7.11 Å². The molecule has 0 saturated carbocycles. The minimum Gasteiger partial charge on any atom is -0.497 e. The van der Waals surface area contributed by atoms with Crippen LogP contribution in [0.25, 0.3) is 10.9 Å². The minimum atomic E-state index is 0.750. The van der Waals surface area contributed by atoms with Gasteiger partial charge in [-0.1, -0.05) is 6.92 Å². The Morgan fingerprint density at radius 3 is 2.95 bits per heavy atom. The number of likely N-dealkylation sites (tertiary alicyclic amines) is 1. The SMILES string of the molecule is CCC1CC(C)N1CCc1c[nH]c2ccc(OC)cc12. The lowest BCUT2D eigenvalue weighted by atomic mass is 9.91. The molecule has 3 heteroatoms. The van der Waals surface area contributed by atoms with Crippen LogP contribution in [0.3, 0.4) is 0 Å². The highest BCUT2D eigenvalue weighted by Crippen LogP contribution is 2.29. The fourth-order valence-electron chi connectivity index (χ4n) is 3.43. The van der Waals surface area contributed by atoms with Gasteiger partial charge in [0.2, 0.25) is 0 Å². The van der Waals surface area contributed by atoms with Gasteiger partial charge < -0.3 is 9.72 Å². The van der Waals surface area contributed by atoms with Crippen molar-refractivity contribution in [3.05, 3.63) is 30.0 Å². The molecule has 2 heterocycles. The quantitative estimate of drug-likeness (QED) is 0.901. The molecule has 1 fully saturated rings. The van der Waals surface area contributed by atoms with Gasteiger partial charge in [-0.3, -0.25) is 4.90 Å². The summed E-state index contributed by atoms with van der Waals surface area (Å²) in [5, 5.41) is 1.30. The van der Waals surface area contributed by atoms with Gasteiger partial charge in [-0.15, -0.1) is 0 Å². The van der Waals surface area contributed by atoms with Crippen LogP contribution in [0, 0.1) is 0 Å². The smallest absolute Gasteiger partial charge is 0.119 e. The van der Waals surface area contributed by atoms with Crippen molar-refractivity contribution in [1.29, 1.82) is 0 Å². The molecule has 0 amide bonds. The number of H-pyrrole nitrogens is 1. The molecule has 1 aromatic carbocycles. The van der Waals surface area contributed by atoms with Gasteiger partial charge >= 0.3 is 0 Å². The second-order valence-corrected chi connectivity index (χ2v) is 5.86. The number of aromatic nitrogens is 1. The largest absolute Gasteiger partial charge is 0.497 e. The van der Waals surface area contributed by atoms with Crippen molar-refractivity contribution in [3.8, 4) is 5.75 Å². The maximum atomic E-state index is 5.33. The average molecular weight is 272 g/mol. The van der Waals surface area contributed by atoms with E-state index in [4.69, 9.17) is 4.74 Å². The number of hydrogen-bond donors (Lipinski definition) is 1. The zero-order chi connectivity index (χ0) is 14.1. The molecule has 0 spiro atoms. The summed E-state index contributed by atoms with van der Waals surface area (Å²) < 4.78 is 5.33. The summed E-state index contributed by atoms with van der Waals surface area (Å²) in [5.41, 5.74) is 2.59. The predicted molar refractivity (Wildman–Crippen MR) is 83.4 cm³/mol. The number of ether oxygens (including phenoxy) is 1. The van der Waals surface area contributed by atoms with Gasteiger partial charge in [-0.25, -0.2) is 0 Å². The van der Waals surface area contributed by atoms with Crippen molar-refractivity contribution in [3.63, 3.8) is 0 Å². The third-order valence-corrected chi connectivity index (χ3v) is 4.73. The molecule has 1 saturated heterocycles. The average Bonchev–Trinajstić information content (AvgIpc) is 2.87. The lowest BCUT2D eigenvalue weighted by molar-refractivity contribution is 0.0255. The zero-order valence-electron chi connectivity index (χ0n) is 12.6. The molecule has 1 N–H and O–H groups in total. The molecular weight excluding hydrogens is 248 g/mol. The zero-order valence-corrected chi connectivity index (χ0v) is 12.6. The summed E-state index contributed by atoms with van der Waals surface area (Å²) >= 11 is 0. The van der Waals surface area contributed by atoms with E-state index in [0.29, 0.717) is 0 Å². The van der Waals surface area contributed by atoms with Gasteiger partial charge in [0, 0.05) is 35.7 Å². The summed E-state index contributed by atoms with van der Waals surface area (Å²) in [7, 11) is 1.72. The Kier molecular flexibility index (Phi) is 3.70. The molecule has 20 heavy (non-hydrogen) atoms. The van der Waals surface area contributed by atoms with E-state index in [1.54, 1.807) is 7.11 Å². The Bertz CT molecular complexity index is 590. The van der Waals surface area contributed by atoms with Crippen LogP contribution in [0.5, 0.6) is 5.75 Å². The predicted octanol–water partition coefficient (Wildman–Crippen LogP) is 3.59. The van der Waals surface area contributed by atoms with Crippen LogP contribution in [0.4, 0.5) is 0 Å². The molecule has 1 aliphatic heterocycles. The Morgan fingerprint density at radius 1 is 1.40 bits per heavy atom. The maximum Gasteiger partial charge on any atom is 0.119 e. The van der Waals surface area contributed by atoms with Crippen molar-refractivity contribution in [2.45, 2.75) is 45.2 Å². The number of methoxy groups -OCH3 is 1. The summed E-state index contributed by atoms with van der Waals surface area (Å²) in [6.07, 6.45) is 5.88. The van der Waals surface area contributed by atoms with Crippen molar-refractivity contribution < 1.29 is 4.74 Å². The van der Waals surface area contributed by atoms with Crippen LogP contribution >= 0.6 is 0 Å². The molecule has 2 unspecified atom stereocenters. The molecule has 2 atom stereocenters. The number of aromatic amines is 1. The third kappa shape index (κ3) is 2.31. The molecule has 3 nitrogen and oxygen atoms in total. The second kappa shape index (κ2) is 5.49. The first kappa shape index (κ1) is 13.5. The van der Waals surface area contributed by atoms with Crippen LogP contribution in [0.1, 0.15) is 32.3 Å². The van der Waals surface area contributed by atoms with Crippen molar-refractivity contribution >= 4 is 10.9 Å². The van der Waals surface area contributed by atoms with Crippen LogP contribution in [0.2, 0.25) is 0 Å². The highest BCUT2D eigenvalue weighted by molar-refractivity contribution is 5.84. The molecule has 0 aliphatic carbocycles. The summed E-state index contributed by atoms with van der Waals surface area (Å²) in [6, 6.07) is 7.79. The van der Waals surface area contributed by atoms with Crippen LogP contribution in [0.15, 0.2) is 24.4 Å². The van der Waals surface area contributed by atoms with Crippen LogP contribution in [-0.4, -0.2) is 35.6 Å². The summed E-state index contributed by atoms with van der Waals surface area (Å²) in [5.74, 6) is 0.933. The fourth-order valence-corrected chi connectivity index (χ4v) is 3.43. The van der Waals surface area contributed by atoms with Crippen LogP contribution in [-0.2, 0) is 6.42 Å². The maximum absolute atomic E-state index is 5.33. The lowest BCUT2D eigenvalue weighted by Gasteiger charge is -2.47. The Labute approximate surface area is 120 Å². The van der Waals surface area contributed by atoms with E-state index in [1.165, 1.54) is 29.3 Å². The third-order valence-electron chi connectivity index (χ3n) is 4.73. The van der Waals surface area contributed by atoms with E-state index >= 15 is 0 Å². The molecule has 1 aliphatic rings. The number of benzene rings is 1. The first-order valence-electron chi connectivity index (χ1n) is 7.62. The highest BCUT2D eigenvalue weighted by Gasteiger charge is 2.32. The second-order valence-electron chi connectivity index (χ2n) is 5.86. The monoisotopic (exact) mass is 272 g/mol. The molecule has 108 valence electrons. The van der Waals surface area contributed by atoms with E-state index in [-0.39, 0.29) is 0 Å². The molecule has 2 aromatic rings. The van der Waals surface area contributed by atoms with Crippen molar-refractivity contribution in [2.75, 3.05) is 13.7 Å². The number of rotatable bonds is 5. The molecule has 0 bridgehead atoms. The summed E-state index contributed by atoms with van der Waals surface area (Å²) in [6.45, 7) is 5.79. The fraction of sp³-hybridized carbons (Fsp3) is 0.529. The molecular formula is C17H24N2O. The number of nitrogens with zero attached hydrogens (tertiary/aromatic N) is 1. The standard InChI is InChI=1S/C17H24N2O/c1-4-14-9-12(2)19(14)8-7-13-11-18-17-6-5-15(20-3)10-16(13)17/h5-6,10-12,14,18H,4,7-9H2,1-3H3. The number of fused-ring (bicyclic) bond motifs is 1. The van der Waals surface area contributed by atoms with E-state index < -0.39 is 0 Å². The van der Waals surface area contributed by atoms with Crippen LogP contribution < -0.4 is 4.74 Å². The normalized spacial score (nSPS) is 22.9. The number of hydrogen-bond acceptors (Lipinski definition) is 2. The van der Waals surface area contributed by atoms with Gasteiger partial charge in [0.1, 0.15) is 5.75 Å². The van der Waals surface area contributed by atoms with Crippen molar-refractivity contribution in [1.82, 2.24) is 9.88 Å². The minimum absolute atomic E-state index is 0.750. The Morgan fingerprint density at radius 2 is 2.25 bits per heavy atom. The van der Waals surface area contributed by atoms with Gasteiger partial charge in [0.15, 0.2) is 0 Å². The Balaban J connectivity index is 1.74. The Hall–Kier alpha value is -1.48. The molecule has 1 aromatic heterocycles.